The Kier molecular flexibility index (Phi) is 3.17. The lowest BCUT2D eigenvalue weighted by molar-refractivity contribution is -0.113. The molecule has 0 saturated carbocycles. The minimum Gasteiger partial charge on any atom is -0.268 e. The van der Waals surface area contributed by atoms with Crippen molar-refractivity contribution >= 4 is 51.7 Å². The van der Waals surface area contributed by atoms with Gasteiger partial charge in [0.1, 0.15) is 0 Å². The molecule has 0 radical (unpaired) electrons. The van der Waals surface area contributed by atoms with E-state index in [2.05, 4.69) is 11.7 Å². The Morgan fingerprint density at radius 2 is 2.25 bits per heavy atom. The molecule has 2 aromatic rings. The number of halogens is 1. The molecule has 1 aromatic carbocycles. The van der Waals surface area contributed by atoms with Crippen LogP contribution in [0, 0.1) is 0 Å². The Labute approximate surface area is 102 Å². The van der Waals surface area contributed by atoms with Crippen LogP contribution in [0.4, 0.5) is 0 Å². The molecule has 1 amide bonds. The molecule has 0 bridgehead atoms. The molecule has 0 aliphatic rings. The molecule has 4 heteroatoms. The van der Waals surface area contributed by atoms with Crippen LogP contribution in [0.2, 0.25) is 5.02 Å². The van der Waals surface area contributed by atoms with E-state index in [4.69, 9.17) is 11.6 Å². The fraction of sp³-hybridized carbons (Fsp3) is 0. The molecular weight excluding hydrogens is 242 g/mol. The van der Waals surface area contributed by atoms with Gasteiger partial charge in [-0.3, -0.25) is 4.79 Å². The SMILES string of the molecule is C=NC(=O)/C=C/c1cc2cc(Cl)ccc2s1. The van der Waals surface area contributed by atoms with Gasteiger partial charge < -0.3 is 0 Å². The number of thiophene rings is 1. The molecule has 2 nitrogen and oxygen atoms in total. The van der Waals surface area contributed by atoms with Gasteiger partial charge in [-0.1, -0.05) is 11.6 Å². The van der Waals surface area contributed by atoms with Crippen molar-refractivity contribution in [3.8, 4) is 0 Å². The van der Waals surface area contributed by atoms with Crippen LogP contribution in [0.25, 0.3) is 16.2 Å². The van der Waals surface area contributed by atoms with Crippen molar-refractivity contribution in [1.29, 1.82) is 0 Å². The summed E-state index contributed by atoms with van der Waals surface area (Å²) in [6, 6.07) is 7.70. The second-order valence-electron chi connectivity index (χ2n) is 3.16. The first-order valence-corrected chi connectivity index (χ1v) is 5.76. The van der Waals surface area contributed by atoms with Crippen LogP contribution in [0.3, 0.4) is 0 Å². The van der Waals surface area contributed by atoms with Crippen LogP contribution in [-0.2, 0) is 4.79 Å². The third-order valence-electron chi connectivity index (χ3n) is 2.04. The highest BCUT2D eigenvalue weighted by atomic mass is 35.5. The Hall–Kier alpha value is -1.45. The van der Waals surface area contributed by atoms with E-state index in [1.165, 1.54) is 6.08 Å². The third kappa shape index (κ3) is 2.38. The summed E-state index contributed by atoms with van der Waals surface area (Å²) in [6.45, 7) is 3.16. The number of rotatable bonds is 2. The van der Waals surface area contributed by atoms with Crippen LogP contribution in [0.15, 0.2) is 35.3 Å². The lowest BCUT2D eigenvalue weighted by Crippen LogP contribution is -1.81. The molecule has 0 fully saturated rings. The predicted molar refractivity (Wildman–Crippen MR) is 70.4 cm³/mol. The van der Waals surface area contributed by atoms with Gasteiger partial charge in [0.2, 0.25) is 0 Å². The van der Waals surface area contributed by atoms with Gasteiger partial charge in [0.25, 0.3) is 5.91 Å². The average molecular weight is 250 g/mol. The largest absolute Gasteiger partial charge is 0.269 e. The van der Waals surface area contributed by atoms with Crippen LogP contribution in [0.1, 0.15) is 4.88 Å². The summed E-state index contributed by atoms with van der Waals surface area (Å²) in [5.74, 6) is -0.338. The van der Waals surface area contributed by atoms with E-state index in [0.29, 0.717) is 5.02 Å². The summed E-state index contributed by atoms with van der Waals surface area (Å²) in [5, 5.41) is 1.79. The predicted octanol–water partition coefficient (Wildman–Crippen LogP) is 3.80. The summed E-state index contributed by atoms with van der Waals surface area (Å²) in [5.41, 5.74) is 0. The molecule has 1 aromatic heterocycles. The second kappa shape index (κ2) is 4.60. The van der Waals surface area contributed by atoms with E-state index in [0.717, 1.165) is 15.0 Å². The Morgan fingerprint density at radius 1 is 1.44 bits per heavy atom. The van der Waals surface area contributed by atoms with Gasteiger partial charge in [0, 0.05) is 20.7 Å². The van der Waals surface area contributed by atoms with Gasteiger partial charge in [0.15, 0.2) is 0 Å². The third-order valence-corrected chi connectivity index (χ3v) is 3.36. The molecule has 80 valence electrons. The number of carbonyl (C=O) groups is 1. The Balaban J connectivity index is 2.36. The first kappa shape index (κ1) is 11.0. The zero-order valence-corrected chi connectivity index (χ0v) is 9.89. The van der Waals surface area contributed by atoms with E-state index in [9.17, 15) is 4.79 Å². The van der Waals surface area contributed by atoms with E-state index in [-0.39, 0.29) is 5.91 Å². The maximum atomic E-state index is 10.9. The average Bonchev–Trinajstić information content (AvgIpc) is 2.67. The molecule has 0 N–H and O–H groups in total. The molecule has 0 aliphatic carbocycles. The standard InChI is InChI=1S/C12H8ClNOS/c1-14-12(15)5-3-10-7-8-6-9(13)2-4-11(8)16-10/h2-7H,1H2/b5-3+. The minimum absolute atomic E-state index is 0.338. The number of fused-ring (bicyclic) bond motifs is 1. The zero-order chi connectivity index (χ0) is 11.5. The molecule has 1 heterocycles. The fourth-order valence-corrected chi connectivity index (χ4v) is 2.45. The van der Waals surface area contributed by atoms with Crippen molar-refractivity contribution in [3.63, 3.8) is 0 Å². The minimum atomic E-state index is -0.338. The number of carbonyl (C=O) groups excluding carboxylic acids is 1. The molecule has 16 heavy (non-hydrogen) atoms. The maximum absolute atomic E-state index is 10.9. The smallest absolute Gasteiger partial charge is 0.268 e. The first-order valence-electron chi connectivity index (χ1n) is 4.57. The lowest BCUT2D eigenvalue weighted by atomic mass is 10.2. The molecule has 0 spiro atoms. The van der Waals surface area contributed by atoms with Gasteiger partial charge in [-0.2, -0.15) is 0 Å². The first-order chi connectivity index (χ1) is 7.69. The highest BCUT2D eigenvalue weighted by Crippen LogP contribution is 2.28. The lowest BCUT2D eigenvalue weighted by Gasteiger charge is -1.87. The number of benzene rings is 1. The van der Waals surface area contributed by atoms with Gasteiger partial charge in [-0.25, -0.2) is 4.99 Å². The normalized spacial score (nSPS) is 11.1. The molecular formula is C12H8ClNOS. The van der Waals surface area contributed by atoms with Gasteiger partial charge in [-0.05, 0) is 42.4 Å². The van der Waals surface area contributed by atoms with Crippen molar-refractivity contribution in [2.75, 3.05) is 0 Å². The number of nitrogens with zero attached hydrogens (tertiary/aromatic N) is 1. The molecule has 0 aliphatic heterocycles. The molecule has 0 unspecified atom stereocenters. The van der Waals surface area contributed by atoms with E-state index in [1.54, 1.807) is 17.4 Å². The zero-order valence-electron chi connectivity index (χ0n) is 8.31. The van der Waals surface area contributed by atoms with Crippen LogP contribution in [-0.4, -0.2) is 12.6 Å². The van der Waals surface area contributed by atoms with Gasteiger partial charge >= 0.3 is 0 Å². The van der Waals surface area contributed by atoms with E-state index in [1.807, 2.05) is 24.3 Å². The molecule has 0 atom stereocenters. The van der Waals surface area contributed by atoms with Crippen LogP contribution >= 0.6 is 22.9 Å². The van der Waals surface area contributed by atoms with Crippen molar-refractivity contribution in [2.24, 2.45) is 4.99 Å². The summed E-state index contributed by atoms with van der Waals surface area (Å²) in [4.78, 5) is 15.2. The van der Waals surface area contributed by atoms with E-state index >= 15 is 0 Å². The van der Waals surface area contributed by atoms with Crippen molar-refractivity contribution in [2.45, 2.75) is 0 Å². The van der Waals surface area contributed by atoms with Crippen LogP contribution in [0.5, 0.6) is 0 Å². The quantitative estimate of drug-likeness (QED) is 0.588. The van der Waals surface area contributed by atoms with Gasteiger partial charge in [0.05, 0.1) is 0 Å². The number of hydrogen-bond acceptors (Lipinski definition) is 2. The number of aliphatic imine (C=N–C) groups is 1. The summed E-state index contributed by atoms with van der Waals surface area (Å²) in [6.07, 6.45) is 3.13. The highest BCUT2D eigenvalue weighted by Gasteiger charge is 2.00. The number of amides is 1. The monoisotopic (exact) mass is 249 g/mol. The highest BCUT2D eigenvalue weighted by molar-refractivity contribution is 7.19. The number of hydrogen-bond donors (Lipinski definition) is 0. The summed E-state index contributed by atoms with van der Waals surface area (Å²) >= 11 is 7.49. The van der Waals surface area contributed by atoms with Crippen LogP contribution < -0.4 is 0 Å². The Bertz CT molecular complexity index is 586. The van der Waals surface area contributed by atoms with Crippen molar-refractivity contribution in [3.05, 3.63) is 40.2 Å². The molecule has 0 saturated heterocycles. The van der Waals surface area contributed by atoms with Crippen molar-refractivity contribution < 1.29 is 4.79 Å². The second-order valence-corrected chi connectivity index (χ2v) is 4.71. The van der Waals surface area contributed by atoms with Crippen molar-refractivity contribution in [1.82, 2.24) is 0 Å². The topological polar surface area (TPSA) is 29.4 Å². The molecule has 2 rings (SSSR count). The maximum Gasteiger partial charge on any atom is 0.269 e. The summed E-state index contributed by atoms with van der Waals surface area (Å²) in [7, 11) is 0. The Morgan fingerprint density at radius 3 is 3.00 bits per heavy atom. The van der Waals surface area contributed by atoms with E-state index < -0.39 is 0 Å². The fourth-order valence-electron chi connectivity index (χ4n) is 1.32. The summed E-state index contributed by atoms with van der Waals surface area (Å²) < 4.78 is 1.14. The van der Waals surface area contributed by atoms with Gasteiger partial charge in [-0.15, -0.1) is 11.3 Å².